The van der Waals surface area contributed by atoms with Crippen molar-refractivity contribution in [3.63, 3.8) is 0 Å². The topological polar surface area (TPSA) is 50.6 Å². The molecule has 7 heteroatoms. The van der Waals surface area contributed by atoms with Gasteiger partial charge in [0.05, 0.1) is 0 Å². The first-order chi connectivity index (χ1) is 10.7. The summed E-state index contributed by atoms with van der Waals surface area (Å²) >= 11 is 0. The van der Waals surface area contributed by atoms with E-state index in [1.165, 1.54) is 0 Å². The summed E-state index contributed by atoms with van der Waals surface area (Å²) in [5.41, 5.74) is 0.815. The van der Waals surface area contributed by atoms with Gasteiger partial charge in [0.2, 0.25) is 0 Å². The molecule has 0 amide bonds. The molecule has 0 aromatic heterocycles. The minimum atomic E-state index is 0. The molecule has 0 unspecified atom stereocenters. The standard InChI is InChI=1S/C17H24N4O.2ClH/c1-19(15-18)21-13-11-20(12-14-21)10-6-5-9-17(22)16-7-3-2-4-8-16;;/h2-4,7-8H,5-6,9-14H2,1H3;2*1H. The number of Topliss-reactive ketones (excluding diaryl/α,β-unsaturated/α-hetero) is 1. The Labute approximate surface area is 157 Å². The molecular formula is C17H26Cl2N4O. The van der Waals surface area contributed by atoms with Crippen LogP contribution in [0.5, 0.6) is 0 Å². The average Bonchev–Trinajstić information content (AvgIpc) is 2.59. The van der Waals surface area contributed by atoms with Gasteiger partial charge < -0.3 is 4.90 Å². The number of nitriles is 1. The lowest BCUT2D eigenvalue weighted by molar-refractivity contribution is 0.00345. The molecule has 134 valence electrons. The number of ketones is 1. The van der Waals surface area contributed by atoms with Crippen molar-refractivity contribution < 1.29 is 4.79 Å². The van der Waals surface area contributed by atoms with Gasteiger partial charge in [0.15, 0.2) is 12.0 Å². The molecule has 1 aromatic rings. The van der Waals surface area contributed by atoms with Crippen LogP contribution in [0.2, 0.25) is 0 Å². The molecule has 2 rings (SSSR count). The predicted octanol–water partition coefficient (Wildman–Crippen LogP) is 2.83. The molecule has 5 nitrogen and oxygen atoms in total. The zero-order valence-electron chi connectivity index (χ0n) is 14.1. The number of hydrazine groups is 1. The second kappa shape index (κ2) is 12.1. The third-order valence-corrected chi connectivity index (χ3v) is 4.14. The number of halogens is 2. The van der Waals surface area contributed by atoms with Crippen LogP contribution in [0.15, 0.2) is 30.3 Å². The molecule has 0 bridgehead atoms. The molecule has 0 spiro atoms. The largest absolute Gasteiger partial charge is 0.301 e. The molecule has 1 aliphatic heterocycles. The summed E-state index contributed by atoms with van der Waals surface area (Å²) in [6.07, 6.45) is 4.74. The van der Waals surface area contributed by atoms with Gasteiger partial charge >= 0.3 is 0 Å². The molecule has 0 aliphatic carbocycles. The number of benzene rings is 1. The molecule has 0 atom stereocenters. The van der Waals surface area contributed by atoms with Gasteiger partial charge in [0.25, 0.3) is 0 Å². The number of hydrogen-bond acceptors (Lipinski definition) is 5. The second-order valence-corrected chi connectivity index (χ2v) is 5.67. The molecule has 0 N–H and O–H groups in total. The Morgan fingerprint density at radius 3 is 2.33 bits per heavy atom. The van der Waals surface area contributed by atoms with Crippen molar-refractivity contribution >= 4 is 30.6 Å². The lowest BCUT2D eigenvalue weighted by Gasteiger charge is -2.36. The molecule has 1 fully saturated rings. The summed E-state index contributed by atoms with van der Waals surface area (Å²) in [6, 6.07) is 9.51. The highest BCUT2D eigenvalue weighted by Crippen LogP contribution is 2.09. The van der Waals surface area contributed by atoms with Crippen molar-refractivity contribution in [2.75, 3.05) is 39.8 Å². The van der Waals surface area contributed by atoms with Gasteiger partial charge in [-0.25, -0.2) is 10.0 Å². The van der Waals surface area contributed by atoms with E-state index in [1.54, 1.807) is 12.1 Å². The molecule has 24 heavy (non-hydrogen) atoms. The summed E-state index contributed by atoms with van der Waals surface area (Å²) in [4.78, 5) is 14.4. The lowest BCUT2D eigenvalue weighted by atomic mass is 10.1. The maximum absolute atomic E-state index is 12.0. The van der Waals surface area contributed by atoms with Crippen molar-refractivity contribution in [1.29, 1.82) is 5.26 Å². The normalized spacial score (nSPS) is 14.8. The van der Waals surface area contributed by atoms with Crippen molar-refractivity contribution in [2.24, 2.45) is 0 Å². The summed E-state index contributed by atoms with van der Waals surface area (Å²) in [5, 5.41) is 12.5. The van der Waals surface area contributed by atoms with E-state index in [-0.39, 0.29) is 30.6 Å². The van der Waals surface area contributed by atoms with E-state index < -0.39 is 0 Å². The SMILES string of the molecule is CN(C#N)N1CCN(CCCCC(=O)c2ccccc2)CC1.Cl.Cl. The van der Waals surface area contributed by atoms with Crippen LogP contribution in [-0.2, 0) is 0 Å². The molecule has 0 radical (unpaired) electrons. The van der Waals surface area contributed by atoms with Crippen LogP contribution in [0.1, 0.15) is 29.6 Å². The maximum Gasteiger partial charge on any atom is 0.195 e. The van der Waals surface area contributed by atoms with Crippen molar-refractivity contribution in [3.05, 3.63) is 35.9 Å². The first-order valence-corrected chi connectivity index (χ1v) is 7.89. The van der Waals surface area contributed by atoms with Crippen molar-refractivity contribution in [1.82, 2.24) is 14.9 Å². The second-order valence-electron chi connectivity index (χ2n) is 5.67. The zero-order chi connectivity index (χ0) is 15.8. The first kappa shape index (κ1) is 22.7. The summed E-state index contributed by atoms with van der Waals surface area (Å²) in [7, 11) is 1.80. The van der Waals surface area contributed by atoms with Crippen LogP contribution >= 0.6 is 24.8 Å². The Bertz CT molecular complexity index is 513. The van der Waals surface area contributed by atoms with Gasteiger partial charge in [-0.3, -0.25) is 4.79 Å². The highest BCUT2D eigenvalue weighted by atomic mass is 35.5. The summed E-state index contributed by atoms with van der Waals surface area (Å²) < 4.78 is 0. The van der Waals surface area contributed by atoms with Gasteiger partial charge in [0, 0.05) is 45.2 Å². The Hall–Kier alpha value is -1.32. The molecule has 0 saturated carbocycles. The average molecular weight is 373 g/mol. The highest BCUT2D eigenvalue weighted by Gasteiger charge is 2.18. The quantitative estimate of drug-likeness (QED) is 0.318. The molecule has 1 aliphatic rings. The number of rotatable bonds is 7. The van der Waals surface area contributed by atoms with Crippen LogP contribution in [0.3, 0.4) is 0 Å². The smallest absolute Gasteiger partial charge is 0.195 e. The third kappa shape index (κ3) is 7.06. The van der Waals surface area contributed by atoms with Crippen LogP contribution in [0, 0.1) is 11.5 Å². The fourth-order valence-electron chi connectivity index (χ4n) is 2.71. The third-order valence-electron chi connectivity index (χ3n) is 4.14. The minimum Gasteiger partial charge on any atom is -0.301 e. The Morgan fingerprint density at radius 2 is 1.75 bits per heavy atom. The van der Waals surface area contributed by atoms with E-state index in [2.05, 4.69) is 16.1 Å². The van der Waals surface area contributed by atoms with E-state index in [0.29, 0.717) is 6.42 Å². The fraction of sp³-hybridized carbons (Fsp3) is 0.529. The fourth-order valence-corrected chi connectivity index (χ4v) is 2.71. The number of hydrogen-bond donors (Lipinski definition) is 0. The minimum absolute atomic E-state index is 0. The van der Waals surface area contributed by atoms with Crippen molar-refractivity contribution in [2.45, 2.75) is 19.3 Å². The zero-order valence-corrected chi connectivity index (χ0v) is 15.7. The lowest BCUT2D eigenvalue weighted by Crippen LogP contribution is -2.51. The summed E-state index contributed by atoms with van der Waals surface area (Å²) in [6.45, 7) is 4.80. The van der Waals surface area contributed by atoms with Crippen LogP contribution in [-0.4, -0.2) is 60.5 Å². The molecule has 1 saturated heterocycles. The molecule has 1 aromatic carbocycles. The predicted molar refractivity (Wildman–Crippen MR) is 101 cm³/mol. The number of piperazine rings is 1. The van der Waals surface area contributed by atoms with E-state index in [0.717, 1.165) is 51.1 Å². The van der Waals surface area contributed by atoms with E-state index in [4.69, 9.17) is 5.26 Å². The van der Waals surface area contributed by atoms with Crippen LogP contribution in [0.25, 0.3) is 0 Å². The van der Waals surface area contributed by atoms with Gasteiger partial charge in [0.1, 0.15) is 0 Å². The Kier molecular flexibility index (Phi) is 11.4. The van der Waals surface area contributed by atoms with Gasteiger partial charge in [-0.15, -0.1) is 24.8 Å². The Morgan fingerprint density at radius 1 is 1.12 bits per heavy atom. The van der Waals surface area contributed by atoms with Crippen molar-refractivity contribution in [3.8, 4) is 6.19 Å². The number of nitrogens with zero attached hydrogens (tertiary/aromatic N) is 4. The first-order valence-electron chi connectivity index (χ1n) is 7.89. The van der Waals surface area contributed by atoms with E-state index in [1.807, 2.05) is 30.3 Å². The molecular weight excluding hydrogens is 347 g/mol. The Balaban J connectivity index is 0.00000264. The monoisotopic (exact) mass is 372 g/mol. The summed E-state index contributed by atoms with van der Waals surface area (Å²) in [5.74, 6) is 0.237. The van der Waals surface area contributed by atoms with Gasteiger partial charge in [-0.1, -0.05) is 30.3 Å². The maximum atomic E-state index is 12.0. The molecule has 1 heterocycles. The number of carbonyl (C=O) groups is 1. The van der Waals surface area contributed by atoms with Gasteiger partial charge in [-0.05, 0) is 19.4 Å². The van der Waals surface area contributed by atoms with Crippen LogP contribution < -0.4 is 0 Å². The van der Waals surface area contributed by atoms with E-state index >= 15 is 0 Å². The van der Waals surface area contributed by atoms with E-state index in [9.17, 15) is 4.79 Å². The number of carbonyl (C=O) groups excluding carboxylic acids is 1. The number of unbranched alkanes of at least 4 members (excludes halogenated alkanes) is 1. The highest BCUT2D eigenvalue weighted by molar-refractivity contribution is 5.95. The van der Waals surface area contributed by atoms with Gasteiger partial charge in [-0.2, -0.15) is 5.26 Å². The van der Waals surface area contributed by atoms with Crippen LogP contribution in [0.4, 0.5) is 0 Å².